The van der Waals surface area contributed by atoms with Crippen molar-refractivity contribution in [3.05, 3.63) is 29.8 Å². The summed E-state index contributed by atoms with van der Waals surface area (Å²) in [5, 5.41) is 0. The molecule has 4 heteroatoms. The van der Waals surface area contributed by atoms with Gasteiger partial charge in [0.05, 0.1) is 7.11 Å². The molecule has 0 aliphatic carbocycles. The number of nitrogens with zero attached hydrogens (tertiary/aromatic N) is 1. The molecule has 0 unspecified atom stereocenters. The third-order valence-electron chi connectivity index (χ3n) is 2.71. The lowest BCUT2D eigenvalue weighted by atomic mass is 10.2. The number of esters is 1. The van der Waals surface area contributed by atoms with E-state index in [1.807, 2.05) is 24.3 Å². The van der Waals surface area contributed by atoms with Crippen LogP contribution in [0.3, 0.4) is 0 Å². The molecule has 0 radical (unpaired) electrons. The molecule has 2 rings (SSSR count). The molecular formula is C12H13NO3. The second kappa shape index (κ2) is 4.35. The predicted octanol–water partition coefficient (Wildman–Crippen LogP) is 1.14. The minimum atomic E-state index is -0.491. The Hall–Kier alpha value is -1.84. The van der Waals surface area contributed by atoms with E-state index in [1.54, 1.807) is 4.90 Å². The van der Waals surface area contributed by atoms with Crippen LogP contribution in [0.15, 0.2) is 24.3 Å². The number of amides is 1. The van der Waals surface area contributed by atoms with Gasteiger partial charge >= 0.3 is 5.97 Å². The van der Waals surface area contributed by atoms with Crippen LogP contribution in [0.25, 0.3) is 0 Å². The highest BCUT2D eigenvalue weighted by Crippen LogP contribution is 2.27. The summed E-state index contributed by atoms with van der Waals surface area (Å²) < 4.78 is 4.48. The first-order valence-electron chi connectivity index (χ1n) is 5.17. The first kappa shape index (κ1) is 10.7. The van der Waals surface area contributed by atoms with Gasteiger partial charge in [-0.1, -0.05) is 18.2 Å². The van der Waals surface area contributed by atoms with Crippen molar-refractivity contribution in [3.8, 4) is 0 Å². The molecule has 1 aromatic carbocycles. The summed E-state index contributed by atoms with van der Waals surface area (Å²) in [6, 6.07) is 7.74. The fraction of sp³-hybridized carbons (Fsp3) is 0.333. The largest absolute Gasteiger partial charge is 0.469 e. The van der Waals surface area contributed by atoms with Crippen molar-refractivity contribution in [3.63, 3.8) is 0 Å². The average Bonchev–Trinajstić information content (AvgIpc) is 2.72. The second-order valence-corrected chi connectivity index (χ2v) is 3.68. The number of para-hydroxylation sites is 1. The summed E-state index contributed by atoms with van der Waals surface area (Å²) >= 11 is 0. The number of hydrogen-bond donors (Lipinski definition) is 0. The van der Waals surface area contributed by atoms with Crippen LogP contribution in [-0.4, -0.2) is 25.5 Å². The summed E-state index contributed by atoms with van der Waals surface area (Å²) in [7, 11) is 1.29. The van der Waals surface area contributed by atoms with Gasteiger partial charge in [-0.25, -0.2) is 0 Å². The van der Waals surface area contributed by atoms with Gasteiger partial charge in [-0.15, -0.1) is 0 Å². The number of fused-ring (bicyclic) bond motifs is 1. The van der Waals surface area contributed by atoms with Crippen molar-refractivity contribution in [2.75, 3.05) is 18.6 Å². The molecule has 84 valence electrons. The van der Waals surface area contributed by atoms with E-state index < -0.39 is 5.97 Å². The monoisotopic (exact) mass is 219 g/mol. The number of anilines is 1. The quantitative estimate of drug-likeness (QED) is 0.553. The third-order valence-corrected chi connectivity index (χ3v) is 2.71. The summed E-state index contributed by atoms with van der Waals surface area (Å²) in [4.78, 5) is 24.5. The fourth-order valence-corrected chi connectivity index (χ4v) is 1.89. The zero-order valence-electron chi connectivity index (χ0n) is 9.10. The lowest BCUT2D eigenvalue weighted by Gasteiger charge is -2.16. The summed E-state index contributed by atoms with van der Waals surface area (Å²) in [5.74, 6) is -0.689. The third kappa shape index (κ3) is 1.91. The van der Waals surface area contributed by atoms with Crippen LogP contribution < -0.4 is 4.90 Å². The Bertz CT molecular complexity index is 428. The summed E-state index contributed by atoms with van der Waals surface area (Å²) in [6.07, 6.45) is 0.661. The zero-order chi connectivity index (χ0) is 11.5. The molecule has 0 aromatic heterocycles. The van der Waals surface area contributed by atoms with Gasteiger partial charge in [0.25, 0.3) is 0 Å². The van der Waals surface area contributed by atoms with E-state index in [1.165, 1.54) is 7.11 Å². The Labute approximate surface area is 93.8 Å². The SMILES string of the molecule is COC(=O)CC(=O)N1CCc2ccccc21. The lowest BCUT2D eigenvalue weighted by Crippen LogP contribution is -2.30. The number of methoxy groups -OCH3 is 1. The molecule has 0 bridgehead atoms. The van der Waals surface area contributed by atoms with Gasteiger partial charge in [-0.05, 0) is 18.1 Å². The smallest absolute Gasteiger partial charge is 0.315 e. The van der Waals surface area contributed by atoms with E-state index in [9.17, 15) is 9.59 Å². The van der Waals surface area contributed by atoms with Crippen molar-refractivity contribution in [2.45, 2.75) is 12.8 Å². The van der Waals surface area contributed by atoms with E-state index >= 15 is 0 Å². The Morgan fingerprint density at radius 3 is 2.88 bits per heavy atom. The van der Waals surface area contributed by atoms with Gasteiger partial charge in [-0.3, -0.25) is 9.59 Å². The van der Waals surface area contributed by atoms with Crippen LogP contribution in [0.4, 0.5) is 5.69 Å². The minimum absolute atomic E-state index is 0.190. The zero-order valence-corrected chi connectivity index (χ0v) is 9.10. The number of carbonyl (C=O) groups is 2. The minimum Gasteiger partial charge on any atom is -0.469 e. The maximum absolute atomic E-state index is 11.8. The van der Waals surface area contributed by atoms with Crippen molar-refractivity contribution in [1.82, 2.24) is 0 Å². The van der Waals surface area contributed by atoms with Gasteiger partial charge < -0.3 is 9.64 Å². The van der Waals surface area contributed by atoms with Crippen molar-refractivity contribution in [2.24, 2.45) is 0 Å². The number of carbonyl (C=O) groups excluding carboxylic acids is 2. The highest BCUT2D eigenvalue weighted by atomic mass is 16.5. The van der Waals surface area contributed by atoms with Crippen molar-refractivity contribution in [1.29, 1.82) is 0 Å². The second-order valence-electron chi connectivity index (χ2n) is 3.68. The van der Waals surface area contributed by atoms with Crippen LogP contribution in [-0.2, 0) is 20.7 Å². The molecular weight excluding hydrogens is 206 g/mol. The van der Waals surface area contributed by atoms with E-state index in [0.29, 0.717) is 6.54 Å². The fourth-order valence-electron chi connectivity index (χ4n) is 1.89. The normalized spacial score (nSPS) is 13.4. The molecule has 1 aliphatic heterocycles. The predicted molar refractivity (Wildman–Crippen MR) is 59.1 cm³/mol. The maximum atomic E-state index is 11.8. The first-order valence-corrected chi connectivity index (χ1v) is 5.17. The Balaban J connectivity index is 2.13. The molecule has 1 heterocycles. The van der Waals surface area contributed by atoms with Crippen LogP contribution in [0.1, 0.15) is 12.0 Å². The summed E-state index contributed by atoms with van der Waals surface area (Å²) in [6.45, 7) is 0.648. The van der Waals surface area contributed by atoms with Gasteiger partial charge in [0.2, 0.25) is 5.91 Å². The molecule has 1 amide bonds. The van der Waals surface area contributed by atoms with Gasteiger partial charge in [-0.2, -0.15) is 0 Å². The van der Waals surface area contributed by atoms with Crippen LogP contribution >= 0.6 is 0 Å². The molecule has 16 heavy (non-hydrogen) atoms. The van der Waals surface area contributed by atoms with Crippen LogP contribution in [0.5, 0.6) is 0 Å². The maximum Gasteiger partial charge on any atom is 0.315 e. The molecule has 0 N–H and O–H groups in total. The standard InChI is InChI=1S/C12H13NO3/c1-16-12(15)8-11(14)13-7-6-9-4-2-3-5-10(9)13/h2-5H,6-8H2,1H3. The number of benzene rings is 1. The molecule has 4 nitrogen and oxygen atoms in total. The van der Waals surface area contributed by atoms with Crippen LogP contribution in [0, 0.1) is 0 Å². The lowest BCUT2D eigenvalue weighted by molar-refractivity contribution is -0.143. The highest BCUT2D eigenvalue weighted by Gasteiger charge is 2.25. The van der Waals surface area contributed by atoms with Crippen molar-refractivity contribution < 1.29 is 14.3 Å². The topological polar surface area (TPSA) is 46.6 Å². The molecule has 0 atom stereocenters. The van der Waals surface area contributed by atoms with Crippen molar-refractivity contribution >= 4 is 17.6 Å². The molecule has 1 aliphatic rings. The van der Waals surface area contributed by atoms with E-state index in [4.69, 9.17) is 0 Å². The highest BCUT2D eigenvalue weighted by molar-refractivity contribution is 6.04. The van der Waals surface area contributed by atoms with E-state index in [0.717, 1.165) is 17.7 Å². The molecule has 0 saturated carbocycles. The van der Waals surface area contributed by atoms with Gasteiger partial charge in [0.15, 0.2) is 0 Å². The summed E-state index contributed by atoms with van der Waals surface area (Å²) in [5.41, 5.74) is 2.07. The van der Waals surface area contributed by atoms with Gasteiger partial charge in [0.1, 0.15) is 6.42 Å². The molecule has 0 fully saturated rings. The first-order chi connectivity index (χ1) is 7.72. The van der Waals surface area contributed by atoms with E-state index in [2.05, 4.69) is 4.74 Å². The number of ether oxygens (including phenoxy) is 1. The van der Waals surface area contributed by atoms with E-state index in [-0.39, 0.29) is 12.3 Å². The molecule has 0 saturated heterocycles. The van der Waals surface area contributed by atoms with Crippen LogP contribution in [0.2, 0.25) is 0 Å². The molecule has 0 spiro atoms. The number of hydrogen-bond acceptors (Lipinski definition) is 3. The van der Waals surface area contributed by atoms with Gasteiger partial charge in [0, 0.05) is 12.2 Å². The Morgan fingerprint density at radius 2 is 2.12 bits per heavy atom. The Morgan fingerprint density at radius 1 is 1.38 bits per heavy atom. The average molecular weight is 219 g/mol. The number of rotatable bonds is 2. The Kier molecular flexibility index (Phi) is 2.90. The molecule has 1 aromatic rings.